The molecule has 0 aromatic rings. The topological polar surface area (TPSA) is 118 Å². The van der Waals surface area contributed by atoms with Crippen LogP contribution in [0.3, 0.4) is 0 Å². The van der Waals surface area contributed by atoms with E-state index in [0.717, 1.165) is 31.3 Å². The van der Waals surface area contributed by atoms with Crippen LogP contribution < -0.4 is 0 Å². The van der Waals surface area contributed by atoms with Crippen molar-refractivity contribution >= 4 is 5.97 Å². The fraction of sp³-hybridized carbons (Fsp3) is 0.900. The molecule has 0 aliphatic heterocycles. The van der Waals surface area contributed by atoms with E-state index in [9.17, 15) is 30.3 Å². The first-order valence-electron chi connectivity index (χ1n) is 14.1. The average Bonchev–Trinajstić information content (AvgIpc) is 2.80. The van der Waals surface area contributed by atoms with Gasteiger partial charge in [0.25, 0.3) is 0 Å². The summed E-state index contributed by atoms with van der Waals surface area (Å²) in [7, 11) is 0. The largest absolute Gasteiger partial charge is 0.481 e. The number of aliphatic hydroxyl groups excluding tert-OH is 4. The number of aliphatic carboxylic acids is 1. The molecule has 0 saturated heterocycles. The molecule has 0 aromatic carbocycles. The summed E-state index contributed by atoms with van der Waals surface area (Å²) in [5.74, 6) is -0.833. The highest BCUT2D eigenvalue weighted by atomic mass is 16.4. The highest BCUT2D eigenvalue weighted by molar-refractivity contribution is 5.77. The normalized spacial score (nSPS) is 55.9. The maximum Gasteiger partial charge on any atom is 0.310 e. The lowest BCUT2D eigenvalue weighted by Gasteiger charge is -2.71. The zero-order valence-electron chi connectivity index (χ0n) is 23.0. The number of carboxylic acid groups (broad SMARTS) is 1. The summed E-state index contributed by atoms with van der Waals surface area (Å²) >= 11 is 0. The van der Waals surface area contributed by atoms with E-state index in [4.69, 9.17) is 0 Å². The number of carbonyl (C=O) groups is 1. The van der Waals surface area contributed by atoms with E-state index in [1.165, 1.54) is 0 Å². The molecule has 0 unspecified atom stereocenters. The first-order chi connectivity index (χ1) is 16.5. The van der Waals surface area contributed by atoms with Gasteiger partial charge in [-0.1, -0.05) is 53.2 Å². The Bertz CT molecular complexity index is 974. The molecule has 0 radical (unpaired) electrons. The van der Waals surface area contributed by atoms with Gasteiger partial charge in [-0.3, -0.25) is 4.79 Å². The molecule has 11 atom stereocenters. The van der Waals surface area contributed by atoms with Crippen molar-refractivity contribution in [3.63, 3.8) is 0 Å². The Hall–Kier alpha value is -0.950. The van der Waals surface area contributed by atoms with Crippen LogP contribution in [0.4, 0.5) is 0 Å². The van der Waals surface area contributed by atoms with Gasteiger partial charge in [0.05, 0.1) is 30.3 Å². The van der Waals surface area contributed by atoms with Crippen LogP contribution in [-0.2, 0) is 4.79 Å². The number of hydrogen-bond acceptors (Lipinski definition) is 5. The molecular formula is C30H48O6. The summed E-state index contributed by atoms with van der Waals surface area (Å²) in [4.78, 5) is 12.8. The second-order valence-corrected chi connectivity index (χ2v) is 15.0. The second kappa shape index (κ2) is 7.80. The SMILES string of the molecule is CC1(C)CC[C@]2(C(=O)O)CC[C@]3(C)C(=CC[C@H]4[C@@]5(C)C[C@@H](O)[C@H](O)[C@](C)(CO)[C@H]5CC[C@]43C)[C@@H]2[C@@H]1O. The van der Waals surface area contributed by atoms with Crippen molar-refractivity contribution in [3.8, 4) is 0 Å². The monoisotopic (exact) mass is 504 g/mol. The molecule has 0 aromatic heterocycles. The molecule has 5 aliphatic carbocycles. The molecule has 0 heterocycles. The van der Waals surface area contributed by atoms with Crippen LogP contribution in [-0.4, -0.2) is 56.4 Å². The molecule has 4 fully saturated rings. The van der Waals surface area contributed by atoms with E-state index in [-0.39, 0.29) is 46.0 Å². The molecular weight excluding hydrogens is 456 g/mol. The van der Waals surface area contributed by atoms with Crippen LogP contribution in [0, 0.1) is 50.2 Å². The molecule has 0 spiro atoms. The van der Waals surface area contributed by atoms with E-state index >= 15 is 0 Å². The molecule has 6 nitrogen and oxygen atoms in total. The molecule has 0 bridgehead atoms. The van der Waals surface area contributed by atoms with E-state index in [1.54, 1.807) is 0 Å². The van der Waals surface area contributed by atoms with E-state index in [0.29, 0.717) is 25.7 Å². The zero-order chi connectivity index (χ0) is 26.7. The Morgan fingerprint density at radius 2 is 1.56 bits per heavy atom. The maximum atomic E-state index is 12.8. The molecule has 5 aliphatic rings. The number of fused-ring (bicyclic) bond motifs is 7. The van der Waals surface area contributed by atoms with Crippen LogP contribution in [0.2, 0.25) is 0 Å². The summed E-state index contributed by atoms with van der Waals surface area (Å²) < 4.78 is 0. The lowest BCUT2D eigenvalue weighted by Crippen LogP contribution is -2.69. The first kappa shape index (κ1) is 26.6. The van der Waals surface area contributed by atoms with Crippen molar-refractivity contribution in [2.75, 3.05) is 6.61 Å². The molecule has 0 amide bonds. The zero-order valence-corrected chi connectivity index (χ0v) is 23.0. The Labute approximate surface area is 216 Å². The van der Waals surface area contributed by atoms with Crippen LogP contribution >= 0.6 is 0 Å². The van der Waals surface area contributed by atoms with Gasteiger partial charge in [-0.05, 0) is 84.9 Å². The minimum absolute atomic E-state index is 0.0888. The van der Waals surface area contributed by atoms with E-state index < -0.39 is 35.1 Å². The molecule has 5 N–H and O–H groups in total. The van der Waals surface area contributed by atoms with Crippen molar-refractivity contribution in [2.45, 2.75) is 111 Å². The second-order valence-electron chi connectivity index (χ2n) is 15.0. The maximum absolute atomic E-state index is 12.8. The van der Waals surface area contributed by atoms with Gasteiger partial charge < -0.3 is 25.5 Å². The Morgan fingerprint density at radius 1 is 0.917 bits per heavy atom. The fourth-order valence-corrected chi connectivity index (χ4v) is 10.8. The fourth-order valence-electron chi connectivity index (χ4n) is 10.8. The van der Waals surface area contributed by atoms with E-state index in [2.05, 4.69) is 40.7 Å². The number of allylic oxidation sites excluding steroid dienone is 1. The number of aliphatic hydroxyl groups is 4. The van der Waals surface area contributed by atoms with Crippen molar-refractivity contribution in [2.24, 2.45) is 50.2 Å². The van der Waals surface area contributed by atoms with Gasteiger partial charge in [-0.15, -0.1) is 0 Å². The number of hydrogen-bond donors (Lipinski definition) is 5. The summed E-state index contributed by atoms with van der Waals surface area (Å²) in [6.07, 6.45) is 5.48. The minimum atomic E-state index is -0.944. The Morgan fingerprint density at radius 3 is 2.17 bits per heavy atom. The summed E-state index contributed by atoms with van der Waals surface area (Å²) in [6.45, 7) is 12.9. The third kappa shape index (κ3) is 2.96. The minimum Gasteiger partial charge on any atom is -0.481 e. The van der Waals surface area contributed by atoms with Crippen LogP contribution in [0.25, 0.3) is 0 Å². The van der Waals surface area contributed by atoms with Crippen molar-refractivity contribution in [3.05, 3.63) is 11.6 Å². The van der Waals surface area contributed by atoms with Gasteiger partial charge in [0.1, 0.15) is 0 Å². The summed E-state index contributed by atoms with van der Waals surface area (Å²) in [6, 6.07) is 0. The summed E-state index contributed by atoms with van der Waals surface area (Å²) in [5, 5.41) is 54.5. The highest BCUT2D eigenvalue weighted by Crippen LogP contribution is 2.75. The molecule has 6 heteroatoms. The lowest BCUT2D eigenvalue weighted by molar-refractivity contribution is -0.245. The van der Waals surface area contributed by atoms with Gasteiger partial charge in [0, 0.05) is 11.3 Å². The standard InChI is InChI=1S/C30H48O6/c1-25(2)11-13-30(24(35)36)14-12-28(5)17(21(30)23(25)34)7-8-20-26(3)15-18(32)22(33)27(4,16-31)19(26)9-10-29(20,28)6/h7,18-23,31-34H,8-16H2,1-6H3,(H,35,36)/t18-,19+,20+,21-,22+,23+,26+,27-,28-,29-,30+/m1/s1. The van der Waals surface area contributed by atoms with Crippen LogP contribution in [0.15, 0.2) is 11.6 Å². The summed E-state index contributed by atoms with van der Waals surface area (Å²) in [5.41, 5.74) is -1.50. The van der Waals surface area contributed by atoms with Gasteiger partial charge in [0.15, 0.2) is 0 Å². The first-order valence-corrected chi connectivity index (χ1v) is 14.1. The Balaban J connectivity index is 1.63. The van der Waals surface area contributed by atoms with Crippen LogP contribution in [0.1, 0.15) is 92.9 Å². The van der Waals surface area contributed by atoms with E-state index in [1.807, 2.05) is 6.92 Å². The highest BCUT2D eigenvalue weighted by Gasteiger charge is 2.71. The average molecular weight is 505 g/mol. The molecule has 36 heavy (non-hydrogen) atoms. The van der Waals surface area contributed by atoms with Gasteiger partial charge >= 0.3 is 5.97 Å². The third-order valence-electron chi connectivity index (χ3n) is 13.4. The van der Waals surface area contributed by atoms with Crippen LogP contribution in [0.5, 0.6) is 0 Å². The lowest BCUT2D eigenvalue weighted by atomic mass is 9.33. The van der Waals surface area contributed by atoms with Gasteiger partial charge in [0.2, 0.25) is 0 Å². The smallest absolute Gasteiger partial charge is 0.310 e. The van der Waals surface area contributed by atoms with Crippen molar-refractivity contribution < 1.29 is 30.3 Å². The van der Waals surface area contributed by atoms with Crippen molar-refractivity contribution in [1.29, 1.82) is 0 Å². The number of rotatable bonds is 2. The quantitative estimate of drug-likeness (QED) is 0.361. The number of carboxylic acids is 1. The predicted octanol–water partition coefficient (Wildman–Crippen LogP) is 4.15. The van der Waals surface area contributed by atoms with Gasteiger partial charge in [-0.25, -0.2) is 0 Å². The molecule has 204 valence electrons. The van der Waals surface area contributed by atoms with Crippen molar-refractivity contribution in [1.82, 2.24) is 0 Å². The molecule has 4 saturated carbocycles. The van der Waals surface area contributed by atoms with Gasteiger partial charge in [-0.2, -0.15) is 0 Å². The Kier molecular flexibility index (Phi) is 5.77. The third-order valence-corrected chi connectivity index (χ3v) is 13.4. The predicted molar refractivity (Wildman–Crippen MR) is 137 cm³/mol. The molecule has 5 rings (SSSR count).